The van der Waals surface area contributed by atoms with Crippen LogP contribution in [0.5, 0.6) is 0 Å². The molecule has 1 unspecified atom stereocenters. The van der Waals surface area contributed by atoms with Gasteiger partial charge in [-0.05, 0) is 43.2 Å². The van der Waals surface area contributed by atoms with Crippen molar-refractivity contribution in [3.63, 3.8) is 0 Å². The normalized spacial score (nSPS) is 16.3. The Morgan fingerprint density at radius 3 is 2.81 bits per heavy atom. The van der Waals surface area contributed by atoms with Crippen LogP contribution in [0, 0.1) is 5.92 Å². The molecule has 0 bridgehead atoms. The molecule has 1 amide bonds. The van der Waals surface area contributed by atoms with E-state index in [1.54, 1.807) is 23.3 Å². The molecule has 1 N–H and O–H groups in total. The van der Waals surface area contributed by atoms with Crippen molar-refractivity contribution >= 4 is 28.2 Å². The number of carbonyl (C=O) groups excluding carboxylic acids is 1. The smallest absolute Gasteiger partial charge is 0.231 e. The Hall–Kier alpha value is -3.66. The molecule has 4 aromatic heterocycles. The summed E-state index contributed by atoms with van der Waals surface area (Å²) in [6.45, 7) is 1.45. The fourth-order valence-electron chi connectivity index (χ4n) is 3.60. The predicted molar refractivity (Wildman–Crippen MR) is 118 cm³/mol. The maximum Gasteiger partial charge on any atom is 0.231 e. The number of hydrogen-bond acceptors (Lipinski definition) is 8. The van der Waals surface area contributed by atoms with Gasteiger partial charge in [0.1, 0.15) is 0 Å². The lowest BCUT2D eigenvalue weighted by atomic mass is 9.97. The molecule has 0 spiro atoms. The summed E-state index contributed by atoms with van der Waals surface area (Å²) in [5, 5.41) is 18.3. The fraction of sp³-hybridized carbons (Fsp3) is 0.238. The number of anilines is 2. The molecule has 4 aromatic rings. The third-order valence-corrected chi connectivity index (χ3v) is 5.94. The Kier molecular flexibility index (Phi) is 5.36. The number of hydrogen-bond donors (Lipinski definition) is 1. The number of amides is 1. The monoisotopic (exact) mass is 432 g/mol. The van der Waals surface area contributed by atoms with Gasteiger partial charge in [-0.2, -0.15) is 5.10 Å². The average Bonchev–Trinajstić information content (AvgIpc) is 3.53. The first-order valence-electron chi connectivity index (χ1n) is 10.0. The van der Waals surface area contributed by atoms with E-state index in [4.69, 9.17) is 0 Å². The Morgan fingerprint density at radius 1 is 1.13 bits per heavy atom. The van der Waals surface area contributed by atoms with Crippen LogP contribution in [0.3, 0.4) is 0 Å². The van der Waals surface area contributed by atoms with Crippen molar-refractivity contribution in [2.75, 3.05) is 23.3 Å². The van der Waals surface area contributed by atoms with Crippen molar-refractivity contribution in [1.29, 1.82) is 0 Å². The first kappa shape index (κ1) is 19.3. The Labute approximate surface area is 182 Å². The van der Waals surface area contributed by atoms with E-state index in [9.17, 15) is 4.79 Å². The zero-order chi connectivity index (χ0) is 21.0. The molecule has 0 aromatic carbocycles. The van der Waals surface area contributed by atoms with Gasteiger partial charge in [-0.15, -0.1) is 21.5 Å². The first-order chi connectivity index (χ1) is 15.3. The van der Waals surface area contributed by atoms with Crippen LogP contribution in [0.25, 0.3) is 17.1 Å². The van der Waals surface area contributed by atoms with E-state index in [1.807, 2.05) is 41.9 Å². The topological polar surface area (TPSA) is 102 Å². The van der Waals surface area contributed by atoms with Gasteiger partial charge in [0.2, 0.25) is 5.91 Å². The molecule has 5 rings (SSSR count). The summed E-state index contributed by atoms with van der Waals surface area (Å²) in [6, 6.07) is 9.46. The van der Waals surface area contributed by atoms with Gasteiger partial charge < -0.3 is 10.2 Å². The van der Waals surface area contributed by atoms with Crippen LogP contribution in [0.2, 0.25) is 0 Å². The number of piperidine rings is 1. The van der Waals surface area contributed by atoms with Crippen molar-refractivity contribution < 1.29 is 4.79 Å². The van der Waals surface area contributed by atoms with Crippen LogP contribution in [0.15, 0.2) is 60.5 Å². The van der Waals surface area contributed by atoms with E-state index < -0.39 is 0 Å². The summed E-state index contributed by atoms with van der Waals surface area (Å²) in [5.74, 6) is 1.28. The van der Waals surface area contributed by atoms with E-state index in [2.05, 4.69) is 35.5 Å². The number of pyridine rings is 1. The van der Waals surface area contributed by atoms with Crippen LogP contribution in [-0.2, 0) is 4.79 Å². The highest BCUT2D eigenvalue weighted by atomic mass is 32.1. The van der Waals surface area contributed by atoms with E-state index in [0.29, 0.717) is 17.5 Å². The molecule has 156 valence electrons. The highest BCUT2D eigenvalue weighted by molar-refractivity contribution is 7.14. The van der Waals surface area contributed by atoms with Gasteiger partial charge in [0.25, 0.3) is 0 Å². The third kappa shape index (κ3) is 4.29. The van der Waals surface area contributed by atoms with Crippen LogP contribution in [-0.4, -0.2) is 48.9 Å². The van der Waals surface area contributed by atoms with E-state index in [-0.39, 0.29) is 11.8 Å². The van der Waals surface area contributed by atoms with Crippen LogP contribution >= 0.6 is 11.3 Å². The molecule has 1 aliphatic rings. The molecule has 1 atom stereocenters. The van der Waals surface area contributed by atoms with Crippen molar-refractivity contribution in [3.8, 4) is 17.1 Å². The van der Waals surface area contributed by atoms with Crippen molar-refractivity contribution in [2.24, 2.45) is 5.92 Å². The van der Waals surface area contributed by atoms with Gasteiger partial charge in [0, 0.05) is 48.8 Å². The second kappa shape index (κ2) is 8.60. The number of aromatic nitrogens is 6. The lowest BCUT2D eigenvalue weighted by Crippen LogP contribution is -2.41. The molecule has 31 heavy (non-hydrogen) atoms. The zero-order valence-electron chi connectivity index (χ0n) is 16.6. The number of rotatable bonds is 5. The minimum atomic E-state index is -0.132. The Bertz CT molecular complexity index is 1140. The maximum atomic E-state index is 12.9. The third-order valence-electron chi connectivity index (χ3n) is 5.18. The molecule has 0 radical (unpaired) electrons. The maximum absolute atomic E-state index is 12.9. The van der Waals surface area contributed by atoms with Gasteiger partial charge in [-0.1, -0.05) is 0 Å². The lowest BCUT2D eigenvalue weighted by molar-refractivity contribution is -0.120. The van der Waals surface area contributed by atoms with E-state index in [1.165, 1.54) is 11.3 Å². The summed E-state index contributed by atoms with van der Waals surface area (Å²) in [5.41, 5.74) is 1.74. The SMILES string of the molecule is O=C(Nc1nc(-c2cccnc2)cs1)C1CCCN(c2ccc(-n3cccn3)nn2)C1. The van der Waals surface area contributed by atoms with Gasteiger partial charge in [0.15, 0.2) is 16.8 Å². The van der Waals surface area contributed by atoms with Gasteiger partial charge >= 0.3 is 0 Å². The second-order valence-corrected chi connectivity index (χ2v) is 8.11. The van der Waals surface area contributed by atoms with Crippen LogP contribution in [0.4, 0.5) is 10.9 Å². The van der Waals surface area contributed by atoms with Crippen LogP contribution in [0.1, 0.15) is 12.8 Å². The minimum absolute atomic E-state index is 0.0158. The summed E-state index contributed by atoms with van der Waals surface area (Å²) in [7, 11) is 0. The highest BCUT2D eigenvalue weighted by Crippen LogP contribution is 2.26. The first-order valence-corrected chi connectivity index (χ1v) is 10.9. The average molecular weight is 433 g/mol. The minimum Gasteiger partial charge on any atom is -0.354 e. The number of nitrogens with one attached hydrogen (secondary N) is 1. The molecule has 1 saturated heterocycles. The number of thiazole rings is 1. The zero-order valence-corrected chi connectivity index (χ0v) is 17.4. The van der Waals surface area contributed by atoms with E-state index >= 15 is 0 Å². The van der Waals surface area contributed by atoms with Crippen molar-refractivity contribution in [3.05, 3.63) is 60.5 Å². The molecule has 1 aliphatic heterocycles. The van der Waals surface area contributed by atoms with E-state index in [0.717, 1.165) is 36.5 Å². The molecule has 9 nitrogen and oxygen atoms in total. The molecular formula is C21H20N8OS. The van der Waals surface area contributed by atoms with Gasteiger partial charge in [-0.25, -0.2) is 9.67 Å². The molecule has 0 aliphatic carbocycles. The van der Waals surface area contributed by atoms with Crippen LogP contribution < -0.4 is 10.2 Å². The van der Waals surface area contributed by atoms with Crippen molar-refractivity contribution in [1.82, 2.24) is 29.9 Å². The molecular weight excluding hydrogens is 412 g/mol. The quantitative estimate of drug-likeness (QED) is 0.517. The molecule has 1 fully saturated rings. The Morgan fingerprint density at radius 2 is 2.03 bits per heavy atom. The number of nitrogens with zero attached hydrogens (tertiary/aromatic N) is 7. The largest absolute Gasteiger partial charge is 0.354 e. The predicted octanol–water partition coefficient (Wildman–Crippen LogP) is 3.04. The summed E-state index contributed by atoms with van der Waals surface area (Å²) in [6.07, 6.45) is 8.76. The molecule has 0 saturated carbocycles. The summed E-state index contributed by atoms with van der Waals surface area (Å²) >= 11 is 1.42. The molecule has 10 heteroatoms. The molecule has 5 heterocycles. The van der Waals surface area contributed by atoms with Gasteiger partial charge in [-0.3, -0.25) is 9.78 Å². The highest BCUT2D eigenvalue weighted by Gasteiger charge is 2.27. The fourth-order valence-corrected chi connectivity index (χ4v) is 4.32. The number of carbonyl (C=O) groups is 1. The van der Waals surface area contributed by atoms with Gasteiger partial charge in [0.05, 0.1) is 11.6 Å². The standard InChI is InChI=1S/C21H20N8OS/c30-20(25-21-24-17(14-31-21)15-4-1-8-22-12-15)16-5-2-10-28(13-16)18-6-7-19(27-26-18)29-11-3-9-23-29/h1,3-4,6-9,11-12,14,16H,2,5,10,13H2,(H,24,25,30). The Balaban J connectivity index is 1.23. The lowest BCUT2D eigenvalue weighted by Gasteiger charge is -2.32. The second-order valence-electron chi connectivity index (χ2n) is 7.25. The summed E-state index contributed by atoms with van der Waals surface area (Å²) in [4.78, 5) is 23.6. The summed E-state index contributed by atoms with van der Waals surface area (Å²) < 4.78 is 1.66. The van der Waals surface area contributed by atoms with Crippen molar-refractivity contribution in [2.45, 2.75) is 12.8 Å².